The molecule has 2 heterocycles. The summed E-state index contributed by atoms with van der Waals surface area (Å²) in [7, 11) is 0. The molecule has 3 rings (SSSR count). The Morgan fingerprint density at radius 3 is 2.96 bits per heavy atom. The summed E-state index contributed by atoms with van der Waals surface area (Å²) in [5, 5.41) is 7.59. The zero-order valence-electron chi connectivity index (χ0n) is 13.7. The summed E-state index contributed by atoms with van der Waals surface area (Å²) in [6, 6.07) is 8.58. The van der Waals surface area contributed by atoms with E-state index in [9.17, 15) is 9.59 Å². The molecule has 1 aromatic carbocycles. The average Bonchev–Trinajstić information content (AvgIpc) is 3.18. The Hall–Kier alpha value is -2.41. The minimum atomic E-state index is -0.220. The van der Waals surface area contributed by atoms with Crippen LogP contribution < -0.4 is 15.5 Å². The molecule has 2 N–H and O–H groups in total. The van der Waals surface area contributed by atoms with Crippen LogP contribution in [0, 0.1) is 0 Å². The van der Waals surface area contributed by atoms with Crippen molar-refractivity contribution >= 4 is 34.0 Å². The van der Waals surface area contributed by atoms with Gasteiger partial charge in [-0.25, -0.2) is 4.98 Å². The first-order valence-electron chi connectivity index (χ1n) is 7.90. The number of carbonyl (C=O) groups excluding carboxylic acids is 2. The second-order valence-electron chi connectivity index (χ2n) is 5.85. The van der Waals surface area contributed by atoms with Gasteiger partial charge in [0.25, 0.3) is 5.91 Å². The number of carbonyl (C=O) groups is 2. The summed E-state index contributed by atoms with van der Waals surface area (Å²) in [4.78, 5) is 29.7. The highest BCUT2D eigenvalue weighted by molar-refractivity contribution is 7.14. The standard InChI is InChI=1S/C17H20N4O2S/c1-11(21-8-7-13-5-3-4-6-15(13)21)9-18-16(23)14-10-24-17(20-14)19-12(2)22/h3-6,10-11H,7-9H2,1-2H3,(H,18,23)(H,19,20,22). The highest BCUT2D eigenvalue weighted by atomic mass is 32.1. The monoisotopic (exact) mass is 344 g/mol. The van der Waals surface area contributed by atoms with E-state index in [1.54, 1.807) is 5.38 Å². The van der Waals surface area contributed by atoms with E-state index in [2.05, 4.69) is 45.6 Å². The molecule has 2 amide bonds. The van der Waals surface area contributed by atoms with Gasteiger partial charge in [-0.05, 0) is 25.0 Å². The van der Waals surface area contributed by atoms with Crippen molar-refractivity contribution in [1.82, 2.24) is 10.3 Å². The van der Waals surface area contributed by atoms with Gasteiger partial charge in [0.2, 0.25) is 5.91 Å². The van der Waals surface area contributed by atoms with Crippen molar-refractivity contribution in [2.45, 2.75) is 26.3 Å². The molecule has 0 radical (unpaired) electrons. The fraction of sp³-hybridized carbons (Fsp3) is 0.353. The number of hydrogen-bond acceptors (Lipinski definition) is 5. The molecule has 7 heteroatoms. The van der Waals surface area contributed by atoms with Crippen molar-refractivity contribution in [3.05, 3.63) is 40.9 Å². The third-order valence-corrected chi connectivity index (χ3v) is 4.79. The van der Waals surface area contributed by atoms with Crippen molar-refractivity contribution in [3.63, 3.8) is 0 Å². The Labute approximate surface area is 144 Å². The quantitative estimate of drug-likeness (QED) is 0.873. The number of para-hydroxylation sites is 1. The van der Waals surface area contributed by atoms with E-state index in [1.807, 2.05) is 6.07 Å². The molecule has 126 valence electrons. The van der Waals surface area contributed by atoms with Gasteiger partial charge >= 0.3 is 0 Å². The van der Waals surface area contributed by atoms with Crippen molar-refractivity contribution in [2.75, 3.05) is 23.3 Å². The third-order valence-electron chi connectivity index (χ3n) is 4.03. The van der Waals surface area contributed by atoms with Crippen LogP contribution in [0.15, 0.2) is 29.6 Å². The Balaban J connectivity index is 1.56. The first kappa shape index (κ1) is 16.4. The number of thiazole rings is 1. The molecule has 1 aliphatic rings. The highest BCUT2D eigenvalue weighted by Crippen LogP contribution is 2.28. The molecule has 0 aliphatic carbocycles. The van der Waals surface area contributed by atoms with Gasteiger partial charge in [-0.15, -0.1) is 11.3 Å². The van der Waals surface area contributed by atoms with E-state index >= 15 is 0 Å². The number of rotatable bonds is 5. The first-order valence-corrected chi connectivity index (χ1v) is 8.78. The van der Waals surface area contributed by atoms with Gasteiger partial charge in [-0.1, -0.05) is 18.2 Å². The van der Waals surface area contributed by atoms with Crippen LogP contribution in [0.25, 0.3) is 0 Å². The van der Waals surface area contributed by atoms with E-state index < -0.39 is 0 Å². The van der Waals surface area contributed by atoms with Crippen LogP contribution in [-0.4, -0.2) is 35.9 Å². The lowest BCUT2D eigenvalue weighted by Gasteiger charge is -2.27. The molecular formula is C17H20N4O2S. The molecule has 1 aromatic heterocycles. The first-order chi connectivity index (χ1) is 11.5. The fourth-order valence-corrected chi connectivity index (χ4v) is 3.59. The van der Waals surface area contributed by atoms with E-state index in [0.717, 1.165) is 13.0 Å². The number of amides is 2. The van der Waals surface area contributed by atoms with Gasteiger partial charge in [0.1, 0.15) is 5.69 Å². The molecule has 0 bridgehead atoms. The number of nitrogens with zero attached hydrogens (tertiary/aromatic N) is 2. The van der Waals surface area contributed by atoms with Crippen LogP contribution in [0.1, 0.15) is 29.9 Å². The summed E-state index contributed by atoms with van der Waals surface area (Å²) < 4.78 is 0. The number of fused-ring (bicyclic) bond motifs is 1. The zero-order chi connectivity index (χ0) is 17.1. The number of anilines is 2. The lowest BCUT2D eigenvalue weighted by atomic mass is 10.2. The van der Waals surface area contributed by atoms with E-state index in [-0.39, 0.29) is 17.9 Å². The summed E-state index contributed by atoms with van der Waals surface area (Å²) in [6.45, 7) is 5.03. The molecule has 0 saturated heterocycles. The normalized spacial score (nSPS) is 14.2. The number of aromatic nitrogens is 1. The van der Waals surface area contributed by atoms with Gasteiger partial charge in [0, 0.05) is 37.1 Å². The Morgan fingerprint density at radius 2 is 2.17 bits per heavy atom. The predicted molar refractivity (Wildman–Crippen MR) is 95.7 cm³/mol. The van der Waals surface area contributed by atoms with E-state index in [0.29, 0.717) is 17.4 Å². The van der Waals surface area contributed by atoms with Gasteiger partial charge in [0.15, 0.2) is 5.13 Å². The molecule has 0 saturated carbocycles. The Kier molecular flexibility index (Phi) is 4.80. The second-order valence-corrected chi connectivity index (χ2v) is 6.71. The van der Waals surface area contributed by atoms with Gasteiger partial charge in [-0.3, -0.25) is 9.59 Å². The van der Waals surface area contributed by atoms with Crippen LogP contribution >= 0.6 is 11.3 Å². The lowest BCUT2D eigenvalue weighted by Crippen LogP contribution is -2.41. The summed E-state index contributed by atoms with van der Waals surface area (Å²) in [6.07, 6.45) is 1.04. The number of benzene rings is 1. The van der Waals surface area contributed by atoms with E-state index in [4.69, 9.17) is 0 Å². The summed E-state index contributed by atoms with van der Waals surface area (Å²) in [5.74, 6) is -0.417. The fourth-order valence-electron chi connectivity index (χ4n) is 2.85. The molecule has 1 atom stereocenters. The Bertz CT molecular complexity index is 759. The summed E-state index contributed by atoms with van der Waals surface area (Å²) in [5.41, 5.74) is 2.94. The van der Waals surface area contributed by atoms with E-state index in [1.165, 1.54) is 29.5 Å². The molecule has 1 unspecified atom stereocenters. The van der Waals surface area contributed by atoms with Crippen molar-refractivity contribution in [1.29, 1.82) is 0 Å². The predicted octanol–water partition coefficient (Wildman–Crippen LogP) is 2.28. The van der Waals surface area contributed by atoms with Crippen molar-refractivity contribution in [3.8, 4) is 0 Å². The van der Waals surface area contributed by atoms with Crippen molar-refractivity contribution < 1.29 is 9.59 Å². The lowest BCUT2D eigenvalue weighted by molar-refractivity contribution is -0.114. The molecule has 24 heavy (non-hydrogen) atoms. The molecule has 6 nitrogen and oxygen atoms in total. The number of hydrogen-bond donors (Lipinski definition) is 2. The topological polar surface area (TPSA) is 74.3 Å². The molecule has 0 fully saturated rings. The maximum atomic E-state index is 12.2. The van der Waals surface area contributed by atoms with Crippen LogP contribution in [0.4, 0.5) is 10.8 Å². The smallest absolute Gasteiger partial charge is 0.270 e. The zero-order valence-corrected chi connectivity index (χ0v) is 14.5. The maximum absolute atomic E-state index is 12.2. The minimum Gasteiger partial charge on any atom is -0.366 e. The van der Waals surface area contributed by atoms with Gasteiger partial charge in [-0.2, -0.15) is 0 Å². The van der Waals surface area contributed by atoms with Crippen LogP contribution in [0.3, 0.4) is 0 Å². The minimum absolute atomic E-state index is 0.197. The van der Waals surface area contributed by atoms with Crippen LogP contribution in [0.2, 0.25) is 0 Å². The van der Waals surface area contributed by atoms with Gasteiger partial charge in [0.05, 0.1) is 0 Å². The second kappa shape index (κ2) is 7.00. The molecule has 1 aliphatic heterocycles. The molecule has 0 spiro atoms. The van der Waals surface area contributed by atoms with Crippen molar-refractivity contribution in [2.24, 2.45) is 0 Å². The maximum Gasteiger partial charge on any atom is 0.270 e. The molecular weight excluding hydrogens is 324 g/mol. The molecule has 2 aromatic rings. The Morgan fingerprint density at radius 1 is 1.38 bits per heavy atom. The SMILES string of the molecule is CC(=O)Nc1nc(C(=O)NCC(C)N2CCc3ccccc32)cs1. The number of nitrogens with one attached hydrogen (secondary N) is 2. The highest BCUT2D eigenvalue weighted by Gasteiger charge is 2.23. The van der Waals surface area contributed by atoms with Crippen LogP contribution in [-0.2, 0) is 11.2 Å². The summed E-state index contributed by atoms with van der Waals surface area (Å²) >= 11 is 1.24. The van der Waals surface area contributed by atoms with Gasteiger partial charge < -0.3 is 15.5 Å². The largest absolute Gasteiger partial charge is 0.366 e. The van der Waals surface area contributed by atoms with Crippen LogP contribution in [0.5, 0.6) is 0 Å². The third kappa shape index (κ3) is 3.56. The average molecular weight is 344 g/mol.